The number of halogens is 1. The van der Waals surface area contributed by atoms with E-state index in [4.69, 9.17) is 25.8 Å². The molecule has 33 heavy (non-hydrogen) atoms. The molecule has 3 aromatic heterocycles. The van der Waals surface area contributed by atoms with Gasteiger partial charge in [-0.05, 0) is 37.1 Å². The lowest BCUT2D eigenvalue weighted by Gasteiger charge is -2.15. The first-order chi connectivity index (χ1) is 16.2. The Morgan fingerprint density at radius 2 is 1.94 bits per heavy atom. The fourth-order valence-corrected chi connectivity index (χ4v) is 4.67. The van der Waals surface area contributed by atoms with Crippen molar-refractivity contribution >= 4 is 22.8 Å². The molecular formula is C23H22ClN5O4. The number of imidazole rings is 1. The highest BCUT2D eigenvalue weighted by atomic mass is 35.5. The molecule has 0 bridgehead atoms. The predicted molar refractivity (Wildman–Crippen MR) is 120 cm³/mol. The van der Waals surface area contributed by atoms with E-state index < -0.39 is 6.10 Å². The first-order valence-corrected chi connectivity index (χ1v) is 11.2. The Kier molecular flexibility index (Phi) is 5.26. The number of benzene rings is 1. The Morgan fingerprint density at radius 3 is 2.82 bits per heavy atom. The summed E-state index contributed by atoms with van der Waals surface area (Å²) < 4.78 is 19.1. The van der Waals surface area contributed by atoms with Gasteiger partial charge in [0.25, 0.3) is 6.01 Å². The minimum absolute atomic E-state index is 0.249. The number of H-pyrrole nitrogens is 1. The number of aromatic amines is 1. The maximum atomic E-state index is 9.90. The van der Waals surface area contributed by atoms with E-state index in [0.717, 1.165) is 23.5 Å². The number of rotatable bonds is 6. The third kappa shape index (κ3) is 3.87. The molecule has 0 unspecified atom stereocenters. The van der Waals surface area contributed by atoms with Crippen molar-refractivity contribution in [3.63, 3.8) is 0 Å². The average Bonchev–Trinajstić information content (AvgIpc) is 3.59. The van der Waals surface area contributed by atoms with Crippen LogP contribution in [0, 0.1) is 0 Å². The molecule has 5 heterocycles. The van der Waals surface area contributed by atoms with Gasteiger partial charge in [0.15, 0.2) is 11.8 Å². The van der Waals surface area contributed by atoms with Crippen LogP contribution < -0.4 is 4.74 Å². The fourth-order valence-electron chi connectivity index (χ4n) is 4.42. The lowest BCUT2D eigenvalue weighted by Crippen LogP contribution is -2.34. The van der Waals surface area contributed by atoms with Crippen LogP contribution in [0.25, 0.3) is 16.9 Å². The number of nitrogens with zero attached hydrogens (tertiary/aromatic N) is 4. The van der Waals surface area contributed by atoms with E-state index in [1.54, 1.807) is 6.20 Å². The molecule has 0 spiro atoms. The Bertz CT molecular complexity index is 1280. The van der Waals surface area contributed by atoms with Crippen molar-refractivity contribution in [3.05, 3.63) is 65.1 Å². The third-order valence-electron chi connectivity index (χ3n) is 6.06. The zero-order valence-electron chi connectivity index (χ0n) is 17.6. The summed E-state index contributed by atoms with van der Waals surface area (Å²) in [6.45, 7) is 0.580. The van der Waals surface area contributed by atoms with Gasteiger partial charge in [0, 0.05) is 11.9 Å². The molecule has 4 atom stereocenters. The molecule has 0 aliphatic carbocycles. The summed E-state index contributed by atoms with van der Waals surface area (Å²) in [7, 11) is 0. The van der Waals surface area contributed by atoms with Gasteiger partial charge in [0.05, 0.1) is 35.1 Å². The molecule has 10 heteroatoms. The van der Waals surface area contributed by atoms with Crippen molar-refractivity contribution < 1.29 is 19.3 Å². The topological polar surface area (TPSA) is 107 Å². The van der Waals surface area contributed by atoms with Crippen molar-refractivity contribution in [1.82, 2.24) is 24.7 Å². The maximum absolute atomic E-state index is 9.90. The molecular weight excluding hydrogens is 446 g/mol. The van der Waals surface area contributed by atoms with Crippen LogP contribution in [0.3, 0.4) is 0 Å². The van der Waals surface area contributed by atoms with Crippen LogP contribution in [-0.4, -0.2) is 67.5 Å². The number of aliphatic hydroxyl groups excluding tert-OH is 1. The largest absolute Gasteiger partial charge is 0.456 e. The van der Waals surface area contributed by atoms with Crippen molar-refractivity contribution in [2.24, 2.45) is 0 Å². The number of ether oxygens (including phenoxy) is 3. The molecule has 4 aromatic rings. The Hall–Kier alpha value is -2.98. The van der Waals surface area contributed by atoms with E-state index in [2.05, 4.69) is 20.1 Å². The molecule has 2 aliphatic heterocycles. The molecule has 2 aliphatic rings. The molecule has 2 fully saturated rings. The SMILES string of the molecule is O[C@@H]1CO[C@H]2[C@@H]1OC[C@H]2Oc1nc2nc(CCc3ccnn3-c3ccccc3)c(Cl)cc2[nH]1. The summed E-state index contributed by atoms with van der Waals surface area (Å²) >= 11 is 6.53. The van der Waals surface area contributed by atoms with Gasteiger partial charge in [0.2, 0.25) is 0 Å². The minimum atomic E-state index is -0.625. The molecule has 0 saturated carbocycles. The van der Waals surface area contributed by atoms with E-state index >= 15 is 0 Å². The zero-order valence-corrected chi connectivity index (χ0v) is 18.4. The van der Waals surface area contributed by atoms with Crippen LogP contribution in [-0.2, 0) is 22.3 Å². The molecule has 0 amide bonds. The standard InChI is InChI=1S/C23H22ClN5O4/c24-15-10-17-22(28-23(27-17)33-19-12-32-20-18(30)11-31-21(19)20)26-16(15)7-6-14-8-9-25-29(14)13-4-2-1-3-5-13/h1-5,8-10,18-21,30H,6-7,11-12H2,(H,26,27,28)/t18-,19-,20-,21-/m1/s1. The van der Waals surface area contributed by atoms with Crippen molar-refractivity contribution in [3.8, 4) is 11.7 Å². The van der Waals surface area contributed by atoms with Gasteiger partial charge in [-0.3, -0.25) is 0 Å². The Balaban J connectivity index is 1.18. The van der Waals surface area contributed by atoms with Gasteiger partial charge in [-0.15, -0.1) is 0 Å². The van der Waals surface area contributed by atoms with Crippen molar-refractivity contribution in [2.45, 2.75) is 37.3 Å². The van der Waals surface area contributed by atoms with Crippen molar-refractivity contribution in [2.75, 3.05) is 13.2 Å². The van der Waals surface area contributed by atoms with E-state index in [1.165, 1.54) is 0 Å². The summed E-state index contributed by atoms with van der Waals surface area (Å²) in [6.07, 6.45) is 1.52. The maximum Gasteiger partial charge on any atom is 0.296 e. The van der Waals surface area contributed by atoms with Gasteiger partial charge in [-0.2, -0.15) is 10.1 Å². The predicted octanol–water partition coefficient (Wildman–Crippen LogP) is 2.49. The van der Waals surface area contributed by atoms with Crippen LogP contribution in [0.2, 0.25) is 5.02 Å². The summed E-state index contributed by atoms with van der Waals surface area (Å²) in [5, 5.41) is 14.9. The highest BCUT2D eigenvalue weighted by Crippen LogP contribution is 2.30. The normalized spacial score (nSPS) is 24.4. The van der Waals surface area contributed by atoms with Crippen LogP contribution in [0.4, 0.5) is 0 Å². The molecule has 6 rings (SSSR count). The number of aryl methyl sites for hydroxylation is 2. The summed E-state index contributed by atoms with van der Waals surface area (Å²) in [5.41, 5.74) is 4.06. The van der Waals surface area contributed by atoms with E-state index in [0.29, 0.717) is 35.2 Å². The van der Waals surface area contributed by atoms with Gasteiger partial charge < -0.3 is 24.3 Å². The van der Waals surface area contributed by atoms with Crippen LogP contribution in [0.5, 0.6) is 6.01 Å². The lowest BCUT2D eigenvalue weighted by molar-refractivity contribution is 0.00706. The van der Waals surface area contributed by atoms with Gasteiger partial charge in [0.1, 0.15) is 18.3 Å². The number of hydrogen-bond acceptors (Lipinski definition) is 7. The van der Waals surface area contributed by atoms with Crippen LogP contribution >= 0.6 is 11.6 Å². The van der Waals surface area contributed by atoms with Gasteiger partial charge in [-0.25, -0.2) is 9.67 Å². The summed E-state index contributed by atoms with van der Waals surface area (Å²) in [6, 6.07) is 14.1. The second-order valence-electron chi connectivity index (χ2n) is 8.22. The zero-order chi connectivity index (χ0) is 22.4. The minimum Gasteiger partial charge on any atom is -0.456 e. The first kappa shape index (κ1) is 20.6. The fraction of sp³-hybridized carbons (Fsp3) is 0.348. The number of aromatic nitrogens is 5. The van der Waals surface area contributed by atoms with E-state index in [9.17, 15) is 5.11 Å². The Labute approximate surface area is 194 Å². The number of pyridine rings is 1. The molecule has 2 N–H and O–H groups in total. The number of fused-ring (bicyclic) bond motifs is 2. The molecule has 1 aromatic carbocycles. The molecule has 9 nitrogen and oxygen atoms in total. The second kappa shape index (κ2) is 8.42. The third-order valence-corrected chi connectivity index (χ3v) is 6.39. The second-order valence-corrected chi connectivity index (χ2v) is 8.63. The van der Waals surface area contributed by atoms with Crippen molar-refractivity contribution in [1.29, 1.82) is 0 Å². The Morgan fingerprint density at radius 1 is 1.09 bits per heavy atom. The molecule has 170 valence electrons. The molecule has 2 saturated heterocycles. The average molecular weight is 468 g/mol. The summed E-state index contributed by atoms with van der Waals surface area (Å²) in [4.78, 5) is 12.3. The van der Waals surface area contributed by atoms with E-state index in [1.807, 2.05) is 47.1 Å². The smallest absolute Gasteiger partial charge is 0.296 e. The monoisotopic (exact) mass is 467 g/mol. The molecule has 0 radical (unpaired) electrons. The number of hydrogen-bond donors (Lipinski definition) is 2. The lowest BCUT2D eigenvalue weighted by atomic mass is 10.1. The van der Waals surface area contributed by atoms with E-state index in [-0.39, 0.29) is 24.9 Å². The number of nitrogens with one attached hydrogen (secondary N) is 1. The first-order valence-electron chi connectivity index (χ1n) is 10.9. The quantitative estimate of drug-likeness (QED) is 0.448. The number of para-hydroxylation sites is 1. The van der Waals surface area contributed by atoms with Crippen LogP contribution in [0.1, 0.15) is 11.4 Å². The van der Waals surface area contributed by atoms with Gasteiger partial charge >= 0.3 is 0 Å². The number of aliphatic hydroxyl groups is 1. The highest BCUT2D eigenvalue weighted by Gasteiger charge is 2.48. The highest BCUT2D eigenvalue weighted by molar-refractivity contribution is 6.31. The van der Waals surface area contributed by atoms with Crippen LogP contribution in [0.15, 0.2) is 48.7 Å². The summed E-state index contributed by atoms with van der Waals surface area (Å²) in [5.74, 6) is 0. The van der Waals surface area contributed by atoms with Gasteiger partial charge in [-0.1, -0.05) is 29.8 Å².